The normalized spacial score (nSPS) is 18.2. The van der Waals surface area contributed by atoms with Crippen LogP contribution >= 0.6 is 0 Å². The molecule has 3 aliphatic rings. The number of carbonyl (C=O) groups is 3. The number of piperidine rings is 1. The van der Waals surface area contributed by atoms with E-state index < -0.39 is 12.1 Å². The van der Waals surface area contributed by atoms with Crippen LogP contribution in [0.4, 0.5) is 4.79 Å². The van der Waals surface area contributed by atoms with Crippen molar-refractivity contribution in [1.82, 2.24) is 34.7 Å². The van der Waals surface area contributed by atoms with Crippen LogP contribution < -0.4 is 10.1 Å². The molecule has 2 amide bonds. The van der Waals surface area contributed by atoms with Crippen molar-refractivity contribution in [2.45, 2.75) is 64.4 Å². The number of rotatable bonds is 10. The number of methoxy groups -OCH3 is 2. The molecule has 13 heteroatoms. The van der Waals surface area contributed by atoms with E-state index in [0.717, 1.165) is 85.3 Å². The Morgan fingerprint density at radius 3 is 2.60 bits per heavy atom. The Hall–Kier alpha value is -6.73. The first kappa shape index (κ1) is 37.5. The van der Waals surface area contributed by atoms with E-state index in [1.807, 2.05) is 67.4 Å². The van der Waals surface area contributed by atoms with Gasteiger partial charge in [0.2, 0.25) is 11.8 Å². The third kappa shape index (κ3) is 6.58. The Bertz CT molecular complexity index is 2820. The van der Waals surface area contributed by atoms with Gasteiger partial charge in [-0.1, -0.05) is 62.4 Å². The van der Waals surface area contributed by atoms with E-state index in [4.69, 9.17) is 24.2 Å². The summed E-state index contributed by atoms with van der Waals surface area (Å²) in [5.74, 6) is 2.27. The van der Waals surface area contributed by atoms with Gasteiger partial charge in [-0.2, -0.15) is 0 Å². The van der Waals surface area contributed by atoms with Crippen LogP contribution in [0.3, 0.4) is 0 Å². The number of fused-ring (bicyclic) bond motifs is 7. The van der Waals surface area contributed by atoms with E-state index in [-0.39, 0.29) is 36.2 Å². The van der Waals surface area contributed by atoms with Crippen LogP contribution in [-0.4, -0.2) is 73.6 Å². The number of carbonyl (C=O) groups excluding carboxylic acids is 3. The van der Waals surface area contributed by atoms with Gasteiger partial charge >= 0.3 is 6.09 Å². The molecule has 1 saturated heterocycles. The number of benzene rings is 4. The summed E-state index contributed by atoms with van der Waals surface area (Å²) in [6, 6.07) is 25.6. The van der Waals surface area contributed by atoms with Crippen LogP contribution in [-0.2, 0) is 33.9 Å². The number of ether oxygens (including phenoxy) is 3. The maximum absolute atomic E-state index is 14.0. The first-order chi connectivity index (χ1) is 29.2. The molecule has 0 bridgehead atoms. The van der Waals surface area contributed by atoms with Gasteiger partial charge in [0.05, 0.1) is 54.8 Å². The van der Waals surface area contributed by atoms with Crippen molar-refractivity contribution in [2.24, 2.45) is 11.8 Å². The van der Waals surface area contributed by atoms with E-state index in [0.29, 0.717) is 30.7 Å². The summed E-state index contributed by atoms with van der Waals surface area (Å²) in [5, 5.41) is 4.75. The Kier molecular flexibility index (Phi) is 9.27. The van der Waals surface area contributed by atoms with E-state index in [2.05, 4.69) is 51.7 Å². The summed E-state index contributed by atoms with van der Waals surface area (Å²) >= 11 is 0. The third-order valence-corrected chi connectivity index (χ3v) is 12.2. The highest BCUT2D eigenvalue weighted by Crippen LogP contribution is 2.54. The second-order valence-corrected chi connectivity index (χ2v) is 16.5. The van der Waals surface area contributed by atoms with E-state index >= 15 is 0 Å². The molecule has 3 aromatic heterocycles. The fourth-order valence-corrected chi connectivity index (χ4v) is 9.11. The molecular formula is C47H45N7O6. The standard InChI is InChI=1S/C47H45N7O6/c1-25(2)42(52-47(57)59-4)46(56)54-37-18-30(37)19-39(54)45-49-35-13-11-28-17-34-32-12-10-29(16-31(32)24-60-40(34)20-33(28)43(35)51-45)36-21-48-44(50-36)38-14-27(23-58-3)22-53(38)41(55)15-26-8-6-5-7-9-26/h5-14,16-17,20-22,25,30,37,39,42H,15,18-19,23-24H2,1-4H3,(H,48,50)(H,49,51)(H,52,57)/t30-,37?,39+,42+/m1/s1. The molecule has 4 aromatic carbocycles. The molecular weight excluding hydrogens is 759 g/mol. The average Bonchev–Trinajstić information content (AvgIpc) is 3.72. The predicted molar refractivity (Wildman–Crippen MR) is 226 cm³/mol. The maximum atomic E-state index is 14.0. The highest BCUT2D eigenvalue weighted by Gasteiger charge is 2.56. The minimum absolute atomic E-state index is 0.0584. The van der Waals surface area contributed by atoms with Gasteiger partial charge in [-0.3, -0.25) is 14.2 Å². The summed E-state index contributed by atoms with van der Waals surface area (Å²) in [4.78, 5) is 58.5. The van der Waals surface area contributed by atoms with Crippen molar-refractivity contribution >= 4 is 39.7 Å². The van der Waals surface area contributed by atoms with Crippen molar-refractivity contribution in [3.63, 3.8) is 0 Å². The summed E-state index contributed by atoms with van der Waals surface area (Å²) in [6.45, 7) is 4.62. The highest BCUT2D eigenvalue weighted by atomic mass is 16.5. The largest absolute Gasteiger partial charge is 0.488 e. The molecule has 1 aliphatic carbocycles. The number of nitrogens with one attached hydrogen (secondary N) is 3. The number of H-pyrrole nitrogens is 2. The lowest BCUT2D eigenvalue weighted by Crippen LogP contribution is -2.52. The SMILES string of the molecule is COCc1cc(-c2ncc(-c3ccc4c(c3)COc3cc5c(ccc6[nH]c([C@@H]7C[C@H]8CC8N7C(=O)[C@@H](NC(=O)OC)C(C)C)nc65)cc3-4)[nH]2)n(C(=O)Cc2ccccc2)c1. The molecule has 5 heterocycles. The second kappa shape index (κ2) is 14.8. The van der Waals surface area contributed by atoms with Crippen LogP contribution in [0.2, 0.25) is 0 Å². The molecule has 10 rings (SSSR count). The zero-order valence-electron chi connectivity index (χ0n) is 33.8. The van der Waals surface area contributed by atoms with Crippen LogP contribution in [0.1, 0.15) is 60.0 Å². The number of nitrogens with zero attached hydrogens (tertiary/aromatic N) is 4. The number of hydrogen-bond acceptors (Lipinski definition) is 8. The first-order valence-corrected chi connectivity index (χ1v) is 20.4. The van der Waals surface area contributed by atoms with Gasteiger partial charge in [0.15, 0.2) is 5.82 Å². The molecule has 0 spiro atoms. The zero-order valence-corrected chi connectivity index (χ0v) is 33.8. The fourth-order valence-electron chi connectivity index (χ4n) is 9.11. The number of aromatic nitrogens is 5. The molecule has 0 radical (unpaired) electrons. The minimum Gasteiger partial charge on any atom is -0.488 e. The smallest absolute Gasteiger partial charge is 0.407 e. The molecule has 1 saturated carbocycles. The Morgan fingerprint density at radius 2 is 1.80 bits per heavy atom. The molecule has 1 unspecified atom stereocenters. The summed E-state index contributed by atoms with van der Waals surface area (Å²) in [7, 11) is 2.94. The van der Waals surface area contributed by atoms with Crippen molar-refractivity contribution in [3.05, 3.63) is 114 Å². The molecule has 3 N–H and O–H groups in total. The number of hydrogen-bond donors (Lipinski definition) is 3. The zero-order chi connectivity index (χ0) is 41.2. The second-order valence-electron chi connectivity index (χ2n) is 16.5. The minimum atomic E-state index is -0.695. The summed E-state index contributed by atoms with van der Waals surface area (Å²) in [6.07, 6.45) is 5.06. The van der Waals surface area contributed by atoms with E-state index in [1.54, 1.807) is 17.9 Å². The fraction of sp³-hybridized carbons (Fsp3) is 0.298. The van der Waals surface area contributed by atoms with Gasteiger partial charge in [0.1, 0.15) is 24.2 Å². The van der Waals surface area contributed by atoms with Gasteiger partial charge < -0.3 is 34.4 Å². The number of alkyl carbamates (subject to hydrolysis) is 1. The lowest BCUT2D eigenvalue weighted by atomic mass is 9.92. The number of aromatic amines is 2. The van der Waals surface area contributed by atoms with Crippen LogP contribution in [0.25, 0.3) is 55.7 Å². The van der Waals surface area contributed by atoms with Gasteiger partial charge in [-0.25, -0.2) is 14.8 Å². The van der Waals surface area contributed by atoms with Crippen LogP contribution in [0, 0.1) is 11.8 Å². The van der Waals surface area contributed by atoms with Gasteiger partial charge in [0, 0.05) is 30.3 Å². The van der Waals surface area contributed by atoms with Gasteiger partial charge in [-0.15, -0.1) is 0 Å². The quantitative estimate of drug-likeness (QED) is 0.125. The van der Waals surface area contributed by atoms with E-state index in [1.165, 1.54) is 7.11 Å². The van der Waals surface area contributed by atoms with E-state index in [9.17, 15) is 14.4 Å². The first-order valence-electron chi connectivity index (χ1n) is 20.4. The number of imidazole rings is 2. The molecule has 2 aliphatic heterocycles. The maximum Gasteiger partial charge on any atom is 0.407 e. The number of likely N-dealkylation sites (tertiary alicyclic amines) is 1. The topological polar surface area (TPSA) is 156 Å². The average molecular weight is 804 g/mol. The third-order valence-electron chi connectivity index (χ3n) is 12.2. The summed E-state index contributed by atoms with van der Waals surface area (Å²) < 4.78 is 18.3. The molecule has 2 fully saturated rings. The predicted octanol–water partition coefficient (Wildman–Crippen LogP) is 8.21. The van der Waals surface area contributed by atoms with Gasteiger partial charge in [-0.05, 0) is 88.2 Å². The Labute approximate surface area is 346 Å². The molecule has 4 atom stereocenters. The monoisotopic (exact) mass is 803 g/mol. The Morgan fingerprint density at radius 1 is 0.950 bits per heavy atom. The van der Waals surface area contributed by atoms with Crippen molar-refractivity contribution in [2.75, 3.05) is 14.2 Å². The number of amides is 2. The van der Waals surface area contributed by atoms with Crippen molar-refractivity contribution in [1.29, 1.82) is 0 Å². The molecule has 13 nitrogen and oxygen atoms in total. The van der Waals surface area contributed by atoms with Gasteiger partial charge in [0.25, 0.3) is 0 Å². The van der Waals surface area contributed by atoms with Crippen molar-refractivity contribution in [3.8, 4) is 39.7 Å². The Balaban J connectivity index is 0.925. The summed E-state index contributed by atoms with van der Waals surface area (Å²) in [5.41, 5.74) is 9.13. The highest BCUT2D eigenvalue weighted by molar-refractivity contribution is 6.07. The lowest BCUT2D eigenvalue weighted by Gasteiger charge is -2.31. The molecule has 304 valence electrons. The molecule has 7 aromatic rings. The lowest BCUT2D eigenvalue weighted by molar-refractivity contribution is -0.136. The van der Waals surface area contributed by atoms with Crippen molar-refractivity contribution < 1.29 is 28.6 Å². The van der Waals surface area contributed by atoms with Crippen LogP contribution in [0.15, 0.2) is 91.3 Å². The molecule has 60 heavy (non-hydrogen) atoms. The van der Waals surface area contributed by atoms with Crippen LogP contribution in [0.5, 0.6) is 5.75 Å².